The number of sulfonamides is 1. The Labute approximate surface area is 137 Å². The largest absolute Gasteiger partial charge is 0.372 e. The maximum atomic E-state index is 13.2. The Kier molecular flexibility index (Phi) is 4.53. The van der Waals surface area contributed by atoms with E-state index in [1.54, 1.807) is 16.4 Å². The molecule has 2 unspecified atom stereocenters. The molecule has 0 amide bonds. The lowest BCUT2D eigenvalue weighted by molar-refractivity contribution is 0.295. The first-order valence-electron chi connectivity index (χ1n) is 7.74. The Balaban J connectivity index is 2.00. The summed E-state index contributed by atoms with van der Waals surface area (Å²) in [6.07, 6.45) is -0.0000411. The minimum absolute atomic E-state index is 0.0000411. The van der Waals surface area contributed by atoms with Crippen molar-refractivity contribution in [1.29, 1.82) is 0 Å². The van der Waals surface area contributed by atoms with Gasteiger partial charge in [-0.3, -0.25) is 0 Å². The Morgan fingerprint density at radius 3 is 2.35 bits per heavy atom. The lowest BCUT2D eigenvalue weighted by Crippen LogP contribution is -2.37. The number of nitrogens with zero attached hydrogens (tertiary/aromatic N) is 1. The third kappa shape index (κ3) is 3.47. The molecule has 1 saturated heterocycles. The maximum Gasteiger partial charge on any atom is 0.243 e. The number of benzene rings is 2. The summed E-state index contributed by atoms with van der Waals surface area (Å²) >= 11 is 0. The molecular weight excluding hydrogens is 310 g/mol. The third-order valence-electron chi connectivity index (χ3n) is 4.18. The van der Waals surface area contributed by atoms with E-state index >= 15 is 0 Å². The van der Waals surface area contributed by atoms with Crippen molar-refractivity contribution in [1.82, 2.24) is 4.31 Å². The van der Waals surface area contributed by atoms with Gasteiger partial charge in [0.15, 0.2) is 0 Å². The summed E-state index contributed by atoms with van der Waals surface area (Å²) in [6, 6.07) is 16.6. The highest BCUT2D eigenvalue weighted by molar-refractivity contribution is 7.89. The van der Waals surface area contributed by atoms with Gasteiger partial charge >= 0.3 is 0 Å². The number of hydrogen-bond donors (Lipinski definition) is 0. The molecular formula is C18H21NO3S. The van der Waals surface area contributed by atoms with E-state index in [0.717, 1.165) is 11.1 Å². The maximum absolute atomic E-state index is 13.2. The van der Waals surface area contributed by atoms with Gasteiger partial charge in [0.05, 0.1) is 17.6 Å². The van der Waals surface area contributed by atoms with E-state index in [1.807, 2.05) is 56.3 Å². The van der Waals surface area contributed by atoms with Crippen molar-refractivity contribution in [3.8, 4) is 0 Å². The predicted molar refractivity (Wildman–Crippen MR) is 89.7 cm³/mol. The molecule has 0 saturated carbocycles. The summed E-state index contributed by atoms with van der Waals surface area (Å²) in [5.41, 5.74) is 1.74. The Morgan fingerprint density at radius 1 is 1.13 bits per heavy atom. The molecule has 2 aromatic rings. The molecule has 0 aliphatic carbocycles. The monoisotopic (exact) mass is 331 g/mol. The van der Waals surface area contributed by atoms with Crippen LogP contribution in [0.1, 0.15) is 24.1 Å². The summed E-state index contributed by atoms with van der Waals surface area (Å²) in [5, 5.41) is 0. The van der Waals surface area contributed by atoms with E-state index in [4.69, 9.17) is 4.74 Å². The number of ether oxygens (including phenoxy) is 1. The van der Waals surface area contributed by atoms with Crippen LogP contribution in [0.25, 0.3) is 0 Å². The summed E-state index contributed by atoms with van der Waals surface area (Å²) in [6.45, 7) is 4.76. The molecule has 1 aliphatic rings. The van der Waals surface area contributed by atoms with Crippen molar-refractivity contribution >= 4 is 10.0 Å². The van der Waals surface area contributed by atoms with Crippen molar-refractivity contribution in [3.05, 3.63) is 65.7 Å². The summed E-state index contributed by atoms with van der Waals surface area (Å²) in [5.74, 6) is 0. The third-order valence-corrected chi connectivity index (χ3v) is 6.28. The summed E-state index contributed by atoms with van der Waals surface area (Å²) in [4.78, 5) is 0.364. The lowest BCUT2D eigenvalue weighted by atomic mass is 10.1. The van der Waals surface area contributed by atoms with Crippen LogP contribution in [0.15, 0.2) is 59.5 Å². The van der Waals surface area contributed by atoms with E-state index in [0.29, 0.717) is 18.0 Å². The first kappa shape index (κ1) is 16.2. The average molecular weight is 331 g/mol. The Bertz CT molecular complexity index is 770. The molecule has 0 spiro atoms. The second-order valence-electron chi connectivity index (χ2n) is 5.88. The molecule has 0 radical (unpaired) electrons. The van der Waals surface area contributed by atoms with E-state index < -0.39 is 10.0 Å². The standard InChI is InChI=1S/C18H21NO3S/c1-14-8-6-7-11-18(14)23(20,21)19(12-17-13-22-17)15(2)16-9-4-3-5-10-16/h3-11,15,17H,12-13H2,1-2H3. The molecule has 2 atom stereocenters. The van der Waals surface area contributed by atoms with Crippen LogP contribution in [0.5, 0.6) is 0 Å². The van der Waals surface area contributed by atoms with Crippen molar-refractivity contribution in [2.75, 3.05) is 13.2 Å². The van der Waals surface area contributed by atoms with E-state index in [2.05, 4.69) is 0 Å². The van der Waals surface area contributed by atoms with Crippen molar-refractivity contribution in [2.45, 2.75) is 30.9 Å². The minimum Gasteiger partial charge on any atom is -0.372 e. The number of aryl methyl sites for hydroxylation is 1. The highest BCUT2D eigenvalue weighted by atomic mass is 32.2. The average Bonchev–Trinajstić information content (AvgIpc) is 3.37. The quantitative estimate of drug-likeness (QED) is 0.764. The van der Waals surface area contributed by atoms with Gasteiger partial charge in [-0.05, 0) is 31.0 Å². The molecule has 0 bridgehead atoms. The molecule has 2 aromatic carbocycles. The second kappa shape index (κ2) is 6.43. The molecule has 1 heterocycles. The number of hydrogen-bond acceptors (Lipinski definition) is 3. The van der Waals surface area contributed by atoms with Crippen LogP contribution >= 0.6 is 0 Å². The van der Waals surface area contributed by atoms with Crippen LogP contribution in [0.4, 0.5) is 0 Å². The zero-order valence-corrected chi connectivity index (χ0v) is 14.2. The lowest BCUT2D eigenvalue weighted by Gasteiger charge is -2.28. The van der Waals surface area contributed by atoms with Crippen LogP contribution < -0.4 is 0 Å². The SMILES string of the molecule is Cc1ccccc1S(=O)(=O)N(CC1CO1)C(C)c1ccccc1. The fraction of sp³-hybridized carbons (Fsp3) is 0.333. The minimum atomic E-state index is -3.58. The van der Waals surface area contributed by atoms with Gasteiger partial charge in [0.25, 0.3) is 0 Å². The van der Waals surface area contributed by atoms with Gasteiger partial charge < -0.3 is 4.74 Å². The molecule has 0 aromatic heterocycles. The number of epoxide rings is 1. The summed E-state index contributed by atoms with van der Waals surface area (Å²) in [7, 11) is -3.58. The molecule has 23 heavy (non-hydrogen) atoms. The van der Waals surface area contributed by atoms with Crippen LogP contribution in [0, 0.1) is 6.92 Å². The zero-order valence-electron chi connectivity index (χ0n) is 13.3. The topological polar surface area (TPSA) is 49.9 Å². The Hall–Kier alpha value is -1.69. The molecule has 0 N–H and O–H groups in total. The molecule has 4 nitrogen and oxygen atoms in total. The first-order valence-corrected chi connectivity index (χ1v) is 9.18. The van der Waals surface area contributed by atoms with Crippen molar-refractivity contribution in [2.24, 2.45) is 0 Å². The van der Waals surface area contributed by atoms with Crippen molar-refractivity contribution < 1.29 is 13.2 Å². The van der Waals surface area contributed by atoms with E-state index in [9.17, 15) is 8.42 Å². The molecule has 3 rings (SSSR count). The van der Waals surface area contributed by atoms with Crippen LogP contribution in [-0.2, 0) is 14.8 Å². The predicted octanol–water partition coefficient (Wildman–Crippen LogP) is 3.15. The van der Waals surface area contributed by atoms with Gasteiger partial charge in [-0.15, -0.1) is 0 Å². The molecule has 1 aliphatic heterocycles. The first-order chi connectivity index (χ1) is 11.0. The molecule has 5 heteroatoms. The fourth-order valence-corrected chi connectivity index (χ4v) is 4.59. The van der Waals surface area contributed by atoms with E-state index in [-0.39, 0.29) is 12.1 Å². The summed E-state index contributed by atoms with van der Waals surface area (Å²) < 4.78 is 33.2. The van der Waals surface area contributed by atoms with Crippen LogP contribution in [-0.4, -0.2) is 32.0 Å². The smallest absolute Gasteiger partial charge is 0.243 e. The molecule has 1 fully saturated rings. The van der Waals surface area contributed by atoms with Gasteiger partial charge in [0, 0.05) is 12.6 Å². The van der Waals surface area contributed by atoms with Crippen LogP contribution in [0.2, 0.25) is 0 Å². The second-order valence-corrected chi connectivity index (χ2v) is 7.74. The fourth-order valence-electron chi connectivity index (χ4n) is 2.71. The van der Waals surface area contributed by atoms with Crippen LogP contribution in [0.3, 0.4) is 0 Å². The highest BCUT2D eigenvalue weighted by Gasteiger charge is 2.36. The van der Waals surface area contributed by atoms with Gasteiger partial charge in [-0.1, -0.05) is 48.5 Å². The van der Waals surface area contributed by atoms with E-state index in [1.165, 1.54) is 0 Å². The van der Waals surface area contributed by atoms with Crippen molar-refractivity contribution in [3.63, 3.8) is 0 Å². The molecule has 122 valence electrons. The zero-order chi connectivity index (χ0) is 16.4. The van der Waals surface area contributed by atoms with Gasteiger partial charge in [0.2, 0.25) is 10.0 Å². The Morgan fingerprint density at radius 2 is 1.74 bits per heavy atom. The van der Waals surface area contributed by atoms with Gasteiger partial charge in [-0.25, -0.2) is 8.42 Å². The number of rotatable bonds is 6. The van der Waals surface area contributed by atoms with Gasteiger partial charge in [-0.2, -0.15) is 4.31 Å². The van der Waals surface area contributed by atoms with Gasteiger partial charge in [0.1, 0.15) is 0 Å². The highest BCUT2D eigenvalue weighted by Crippen LogP contribution is 2.30. The normalized spacial score (nSPS) is 18.8.